The summed E-state index contributed by atoms with van der Waals surface area (Å²) in [7, 11) is 3.30. The number of nitrogens with zero attached hydrogens (tertiary/aromatic N) is 1. The van der Waals surface area contributed by atoms with Gasteiger partial charge >= 0.3 is 0 Å². The van der Waals surface area contributed by atoms with Gasteiger partial charge < -0.3 is 20.3 Å². The first kappa shape index (κ1) is 17.9. The molecule has 1 heterocycles. The standard InChI is InChI=1S/C15H29N3O3/c1-14(2,3)17-12(19)10-18(4)13(20)15(11-21-5)6-8-16-9-7-15/h16H,6-11H2,1-5H3,(H,17,19). The zero-order valence-electron chi connectivity index (χ0n) is 13.9. The van der Waals surface area contributed by atoms with Gasteiger partial charge in [0.1, 0.15) is 0 Å². The Balaban J connectivity index is 2.68. The summed E-state index contributed by atoms with van der Waals surface area (Å²) >= 11 is 0. The van der Waals surface area contributed by atoms with Crippen LogP contribution >= 0.6 is 0 Å². The molecule has 1 aliphatic rings. The molecule has 0 atom stereocenters. The SMILES string of the molecule is COCC1(C(=O)N(C)CC(=O)NC(C)(C)C)CCNCC1. The van der Waals surface area contributed by atoms with Crippen molar-refractivity contribution >= 4 is 11.8 Å². The van der Waals surface area contributed by atoms with Crippen LogP contribution < -0.4 is 10.6 Å². The van der Waals surface area contributed by atoms with Crippen LogP contribution in [0.15, 0.2) is 0 Å². The van der Waals surface area contributed by atoms with E-state index in [9.17, 15) is 9.59 Å². The van der Waals surface area contributed by atoms with Gasteiger partial charge in [-0.1, -0.05) is 0 Å². The molecule has 0 saturated carbocycles. The van der Waals surface area contributed by atoms with Crippen molar-refractivity contribution in [2.75, 3.05) is 40.4 Å². The number of hydrogen-bond donors (Lipinski definition) is 2. The van der Waals surface area contributed by atoms with E-state index in [2.05, 4.69) is 10.6 Å². The molecule has 0 radical (unpaired) electrons. The molecule has 2 N–H and O–H groups in total. The molecule has 0 aromatic heterocycles. The van der Waals surface area contributed by atoms with Gasteiger partial charge in [0.15, 0.2) is 0 Å². The molecule has 1 saturated heterocycles. The lowest BCUT2D eigenvalue weighted by atomic mass is 9.78. The molecule has 0 aromatic rings. The Kier molecular flexibility index (Phi) is 6.16. The summed E-state index contributed by atoms with van der Waals surface area (Å²) in [5, 5.41) is 6.13. The minimum atomic E-state index is -0.503. The third-order valence-corrected chi connectivity index (χ3v) is 3.68. The minimum absolute atomic E-state index is 0.00471. The van der Waals surface area contributed by atoms with Crippen LogP contribution in [0.25, 0.3) is 0 Å². The van der Waals surface area contributed by atoms with Gasteiger partial charge in [0, 0.05) is 19.7 Å². The number of ether oxygens (including phenoxy) is 1. The molecule has 0 bridgehead atoms. The summed E-state index contributed by atoms with van der Waals surface area (Å²) < 4.78 is 5.27. The van der Waals surface area contributed by atoms with Crippen molar-refractivity contribution in [2.24, 2.45) is 5.41 Å². The normalized spacial score (nSPS) is 18.1. The maximum Gasteiger partial charge on any atom is 0.240 e. The Morgan fingerprint density at radius 2 is 1.86 bits per heavy atom. The quantitative estimate of drug-likeness (QED) is 0.770. The van der Waals surface area contributed by atoms with Gasteiger partial charge in [0.2, 0.25) is 11.8 Å². The Bertz CT molecular complexity index is 365. The highest BCUT2D eigenvalue weighted by atomic mass is 16.5. The van der Waals surface area contributed by atoms with E-state index in [0.29, 0.717) is 6.61 Å². The summed E-state index contributed by atoms with van der Waals surface area (Å²) in [6.07, 6.45) is 1.48. The van der Waals surface area contributed by atoms with Crippen molar-refractivity contribution < 1.29 is 14.3 Å². The first-order valence-electron chi connectivity index (χ1n) is 7.46. The largest absolute Gasteiger partial charge is 0.384 e. The molecule has 1 fully saturated rings. The van der Waals surface area contributed by atoms with Crippen LogP contribution in [0.5, 0.6) is 0 Å². The monoisotopic (exact) mass is 299 g/mol. The number of rotatable bonds is 5. The summed E-state index contributed by atoms with van der Waals surface area (Å²) in [6.45, 7) is 7.85. The molecule has 6 heteroatoms. The van der Waals surface area contributed by atoms with E-state index >= 15 is 0 Å². The summed E-state index contributed by atoms with van der Waals surface area (Å²) in [5.74, 6) is -0.144. The van der Waals surface area contributed by atoms with E-state index < -0.39 is 5.41 Å². The summed E-state index contributed by atoms with van der Waals surface area (Å²) in [5.41, 5.74) is -0.795. The summed E-state index contributed by atoms with van der Waals surface area (Å²) in [4.78, 5) is 26.2. The Hall–Kier alpha value is -1.14. The number of methoxy groups -OCH3 is 1. The fourth-order valence-corrected chi connectivity index (χ4v) is 2.75. The number of nitrogens with one attached hydrogen (secondary N) is 2. The number of carbonyl (C=O) groups excluding carboxylic acids is 2. The van der Waals surface area contributed by atoms with E-state index in [1.54, 1.807) is 14.2 Å². The fourth-order valence-electron chi connectivity index (χ4n) is 2.75. The molecule has 1 rings (SSSR count). The van der Waals surface area contributed by atoms with Crippen LogP contribution in [0.4, 0.5) is 0 Å². The molecular formula is C15H29N3O3. The van der Waals surface area contributed by atoms with Crippen LogP contribution in [0.1, 0.15) is 33.6 Å². The lowest BCUT2D eigenvalue weighted by molar-refractivity contribution is -0.148. The first-order chi connectivity index (χ1) is 9.70. The maximum atomic E-state index is 12.7. The molecule has 0 aromatic carbocycles. The van der Waals surface area contributed by atoms with E-state index in [1.165, 1.54) is 4.90 Å². The number of piperidine rings is 1. The Labute approximate surface area is 127 Å². The second kappa shape index (κ2) is 7.22. The van der Waals surface area contributed by atoms with Crippen LogP contribution in [0, 0.1) is 5.41 Å². The molecule has 0 spiro atoms. The average Bonchev–Trinajstić information content (AvgIpc) is 2.36. The van der Waals surface area contributed by atoms with Crippen molar-refractivity contribution in [3.63, 3.8) is 0 Å². The van der Waals surface area contributed by atoms with Gasteiger partial charge in [-0.15, -0.1) is 0 Å². The Morgan fingerprint density at radius 3 is 2.33 bits per heavy atom. The van der Waals surface area contributed by atoms with Crippen molar-refractivity contribution in [1.82, 2.24) is 15.5 Å². The van der Waals surface area contributed by atoms with Crippen LogP contribution in [-0.2, 0) is 14.3 Å². The second-order valence-corrected chi connectivity index (χ2v) is 6.92. The Morgan fingerprint density at radius 1 is 1.29 bits per heavy atom. The van der Waals surface area contributed by atoms with Gasteiger partial charge in [0.05, 0.1) is 18.6 Å². The smallest absolute Gasteiger partial charge is 0.240 e. The number of amides is 2. The highest BCUT2D eigenvalue weighted by Crippen LogP contribution is 2.31. The third-order valence-electron chi connectivity index (χ3n) is 3.68. The van der Waals surface area contributed by atoms with E-state index in [-0.39, 0.29) is 23.9 Å². The summed E-state index contributed by atoms with van der Waals surface area (Å²) in [6, 6.07) is 0. The van der Waals surface area contributed by atoms with Gasteiger partial charge in [0.25, 0.3) is 0 Å². The molecular weight excluding hydrogens is 270 g/mol. The highest BCUT2D eigenvalue weighted by molar-refractivity contribution is 5.88. The molecule has 2 amide bonds. The zero-order chi connectivity index (χ0) is 16.1. The zero-order valence-corrected chi connectivity index (χ0v) is 13.9. The third kappa shape index (κ3) is 5.28. The average molecular weight is 299 g/mol. The molecule has 122 valence electrons. The molecule has 21 heavy (non-hydrogen) atoms. The van der Waals surface area contributed by atoms with E-state index in [0.717, 1.165) is 25.9 Å². The van der Waals surface area contributed by atoms with Crippen molar-refractivity contribution in [1.29, 1.82) is 0 Å². The van der Waals surface area contributed by atoms with Crippen molar-refractivity contribution in [3.8, 4) is 0 Å². The maximum absolute atomic E-state index is 12.7. The second-order valence-electron chi connectivity index (χ2n) is 6.92. The predicted molar refractivity (Wildman–Crippen MR) is 81.9 cm³/mol. The van der Waals surface area contributed by atoms with Gasteiger partial charge in [-0.25, -0.2) is 0 Å². The highest BCUT2D eigenvalue weighted by Gasteiger charge is 2.41. The van der Waals surface area contributed by atoms with Crippen molar-refractivity contribution in [3.05, 3.63) is 0 Å². The van der Waals surface area contributed by atoms with Crippen LogP contribution in [-0.4, -0.2) is 62.7 Å². The van der Waals surface area contributed by atoms with Gasteiger partial charge in [-0.2, -0.15) is 0 Å². The molecule has 0 unspecified atom stereocenters. The fraction of sp³-hybridized carbons (Fsp3) is 0.867. The molecule has 6 nitrogen and oxygen atoms in total. The molecule has 1 aliphatic heterocycles. The van der Waals surface area contributed by atoms with Crippen LogP contribution in [0.2, 0.25) is 0 Å². The lowest BCUT2D eigenvalue weighted by Crippen LogP contribution is -2.53. The number of carbonyl (C=O) groups is 2. The first-order valence-corrected chi connectivity index (χ1v) is 7.46. The molecule has 0 aliphatic carbocycles. The predicted octanol–water partition coefficient (Wildman–Crippen LogP) is 0.376. The van der Waals surface area contributed by atoms with E-state index in [1.807, 2.05) is 20.8 Å². The van der Waals surface area contributed by atoms with Crippen molar-refractivity contribution in [2.45, 2.75) is 39.2 Å². The minimum Gasteiger partial charge on any atom is -0.384 e. The van der Waals surface area contributed by atoms with Crippen LogP contribution in [0.3, 0.4) is 0 Å². The van der Waals surface area contributed by atoms with E-state index in [4.69, 9.17) is 4.74 Å². The lowest BCUT2D eigenvalue weighted by Gasteiger charge is -2.38. The van der Waals surface area contributed by atoms with Gasteiger partial charge in [-0.05, 0) is 46.7 Å². The number of likely N-dealkylation sites (N-methyl/N-ethyl adjacent to an activating group) is 1. The van der Waals surface area contributed by atoms with Gasteiger partial charge in [-0.3, -0.25) is 9.59 Å². The number of hydrogen-bond acceptors (Lipinski definition) is 4. The topological polar surface area (TPSA) is 70.7 Å².